The van der Waals surface area contributed by atoms with Gasteiger partial charge < -0.3 is 9.64 Å². The number of aromatic nitrogens is 2. The Kier molecular flexibility index (Phi) is 5.21. The van der Waals surface area contributed by atoms with Gasteiger partial charge in [-0.05, 0) is 63.6 Å². The average Bonchev–Trinajstić information content (AvgIpc) is 3.51. The van der Waals surface area contributed by atoms with Crippen LogP contribution in [0.4, 0.5) is 0 Å². The first-order valence-corrected chi connectivity index (χ1v) is 11.7. The molecule has 0 N–H and O–H groups in total. The number of hydrogen-bond donors (Lipinski definition) is 0. The van der Waals surface area contributed by atoms with Crippen molar-refractivity contribution < 1.29 is 9.53 Å². The minimum Gasteiger partial charge on any atom is -0.372 e. The third-order valence-corrected chi connectivity index (χ3v) is 6.99. The van der Waals surface area contributed by atoms with Crippen molar-refractivity contribution in [1.29, 1.82) is 0 Å². The van der Waals surface area contributed by atoms with Crippen molar-refractivity contribution in [2.45, 2.75) is 83.6 Å². The van der Waals surface area contributed by atoms with Crippen molar-refractivity contribution in [3.8, 4) is 0 Å². The Morgan fingerprint density at radius 3 is 2.37 bits per heavy atom. The monoisotopic (exact) mass is 411 g/mol. The number of ether oxygens (including phenoxy) is 1. The number of amides is 1. The SMILES string of the molecule is C[C@@H]1CN(C(=O)c2ccc3c(c2)n(CC2CC2)c(=O)n3C2CCCCC2)C[C@H](C)O1. The summed E-state index contributed by atoms with van der Waals surface area (Å²) in [6.45, 7) is 6.02. The number of benzene rings is 1. The highest BCUT2D eigenvalue weighted by molar-refractivity contribution is 5.97. The molecule has 30 heavy (non-hydrogen) atoms. The Hall–Kier alpha value is -2.08. The first-order chi connectivity index (χ1) is 14.5. The molecule has 6 nitrogen and oxygen atoms in total. The van der Waals surface area contributed by atoms with Gasteiger partial charge in [0, 0.05) is 31.2 Å². The summed E-state index contributed by atoms with van der Waals surface area (Å²) in [6, 6.07) is 6.17. The predicted octanol–water partition coefficient (Wildman–Crippen LogP) is 3.97. The van der Waals surface area contributed by atoms with Gasteiger partial charge in [-0.15, -0.1) is 0 Å². The Balaban J connectivity index is 1.54. The Morgan fingerprint density at radius 2 is 1.70 bits per heavy atom. The van der Waals surface area contributed by atoms with Crippen molar-refractivity contribution in [1.82, 2.24) is 14.0 Å². The maximum absolute atomic E-state index is 13.4. The normalized spacial score (nSPS) is 25.7. The van der Waals surface area contributed by atoms with E-state index in [1.165, 1.54) is 32.1 Å². The van der Waals surface area contributed by atoms with Crippen LogP contribution in [0.25, 0.3) is 11.0 Å². The van der Waals surface area contributed by atoms with E-state index in [-0.39, 0.29) is 29.8 Å². The molecular formula is C24H33N3O3. The quantitative estimate of drug-likeness (QED) is 0.765. The molecule has 1 aliphatic heterocycles. The van der Waals surface area contributed by atoms with E-state index in [0.29, 0.717) is 24.6 Å². The van der Waals surface area contributed by atoms with Crippen LogP contribution in [0.15, 0.2) is 23.0 Å². The smallest absolute Gasteiger partial charge is 0.329 e. The number of carbonyl (C=O) groups is 1. The Morgan fingerprint density at radius 1 is 1.00 bits per heavy atom. The lowest BCUT2D eigenvalue weighted by Gasteiger charge is -2.35. The minimum atomic E-state index is 0.0368. The molecule has 3 fully saturated rings. The van der Waals surface area contributed by atoms with E-state index in [2.05, 4.69) is 0 Å². The van der Waals surface area contributed by atoms with E-state index in [0.717, 1.165) is 30.4 Å². The van der Waals surface area contributed by atoms with Gasteiger partial charge in [-0.2, -0.15) is 0 Å². The maximum atomic E-state index is 13.4. The average molecular weight is 412 g/mol. The molecule has 1 aromatic carbocycles. The van der Waals surface area contributed by atoms with Crippen LogP contribution in [0, 0.1) is 5.92 Å². The molecule has 0 radical (unpaired) electrons. The second kappa shape index (κ2) is 7.88. The molecule has 1 amide bonds. The zero-order valence-electron chi connectivity index (χ0n) is 18.2. The standard InChI is InChI=1S/C24H33N3O3/c1-16-13-25(14-17(2)30-16)23(28)19-10-11-21-22(12-19)26(15-18-8-9-18)24(29)27(21)20-6-4-3-5-7-20/h10-12,16-18,20H,3-9,13-15H2,1-2H3/t16-,17+. The molecule has 1 aromatic heterocycles. The van der Waals surface area contributed by atoms with Crippen LogP contribution >= 0.6 is 0 Å². The van der Waals surface area contributed by atoms with E-state index < -0.39 is 0 Å². The number of carbonyl (C=O) groups excluding carboxylic acids is 1. The topological polar surface area (TPSA) is 56.5 Å². The van der Waals surface area contributed by atoms with Crippen molar-refractivity contribution >= 4 is 16.9 Å². The highest BCUT2D eigenvalue weighted by atomic mass is 16.5. The number of imidazole rings is 1. The van der Waals surface area contributed by atoms with Crippen LogP contribution in [0.3, 0.4) is 0 Å². The first kappa shape index (κ1) is 19.9. The van der Waals surface area contributed by atoms with Crippen LogP contribution in [0.1, 0.15) is 75.2 Å². The fraction of sp³-hybridized carbons (Fsp3) is 0.667. The van der Waals surface area contributed by atoms with Crippen LogP contribution in [0.5, 0.6) is 0 Å². The first-order valence-electron chi connectivity index (χ1n) is 11.7. The van der Waals surface area contributed by atoms with E-state index in [1.807, 2.05) is 46.1 Å². The fourth-order valence-corrected chi connectivity index (χ4v) is 5.37. The zero-order valence-corrected chi connectivity index (χ0v) is 18.2. The van der Waals surface area contributed by atoms with Gasteiger partial charge >= 0.3 is 5.69 Å². The lowest BCUT2D eigenvalue weighted by Crippen LogP contribution is -2.48. The van der Waals surface area contributed by atoms with Crippen LogP contribution in [-0.2, 0) is 11.3 Å². The lowest BCUT2D eigenvalue weighted by atomic mass is 9.95. The Labute approximate surface area is 177 Å². The summed E-state index contributed by atoms with van der Waals surface area (Å²) in [5.74, 6) is 0.642. The number of nitrogens with zero attached hydrogens (tertiary/aromatic N) is 3. The highest BCUT2D eigenvalue weighted by Gasteiger charge is 2.30. The zero-order chi connectivity index (χ0) is 20.8. The molecule has 162 valence electrons. The number of morpholine rings is 1. The molecule has 2 heterocycles. The third kappa shape index (κ3) is 3.70. The summed E-state index contributed by atoms with van der Waals surface area (Å²) in [4.78, 5) is 28.6. The van der Waals surface area contributed by atoms with E-state index in [4.69, 9.17) is 4.74 Å². The molecule has 0 spiro atoms. The van der Waals surface area contributed by atoms with Gasteiger partial charge in [0.25, 0.3) is 5.91 Å². The minimum absolute atomic E-state index is 0.0368. The Bertz CT molecular complexity index is 987. The van der Waals surface area contributed by atoms with Gasteiger partial charge in [0.15, 0.2) is 0 Å². The van der Waals surface area contributed by atoms with Gasteiger partial charge in [0.1, 0.15) is 0 Å². The molecule has 5 rings (SSSR count). The van der Waals surface area contributed by atoms with Crippen molar-refractivity contribution in [3.63, 3.8) is 0 Å². The van der Waals surface area contributed by atoms with Crippen LogP contribution in [0.2, 0.25) is 0 Å². The third-order valence-electron chi connectivity index (χ3n) is 6.99. The summed E-state index contributed by atoms with van der Waals surface area (Å²) in [7, 11) is 0. The van der Waals surface area contributed by atoms with Gasteiger partial charge in [0.05, 0.1) is 23.2 Å². The maximum Gasteiger partial charge on any atom is 0.329 e. The van der Waals surface area contributed by atoms with Gasteiger partial charge in [-0.3, -0.25) is 13.9 Å². The van der Waals surface area contributed by atoms with Crippen LogP contribution in [-0.4, -0.2) is 45.2 Å². The molecular weight excluding hydrogens is 378 g/mol. The van der Waals surface area contributed by atoms with Crippen molar-refractivity contribution in [2.24, 2.45) is 5.92 Å². The van der Waals surface area contributed by atoms with E-state index in [1.54, 1.807) is 0 Å². The number of fused-ring (bicyclic) bond motifs is 1. The summed E-state index contributed by atoms with van der Waals surface area (Å²) in [6.07, 6.45) is 8.28. The summed E-state index contributed by atoms with van der Waals surface area (Å²) in [5.41, 5.74) is 2.71. The van der Waals surface area contributed by atoms with Gasteiger partial charge in [-0.25, -0.2) is 4.79 Å². The number of hydrogen-bond acceptors (Lipinski definition) is 3. The molecule has 2 atom stereocenters. The molecule has 0 unspecified atom stereocenters. The second-order valence-electron chi connectivity index (χ2n) is 9.67. The second-order valence-corrected chi connectivity index (χ2v) is 9.67. The fourth-order valence-electron chi connectivity index (χ4n) is 5.37. The van der Waals surface area contributed by atoms with Gasteiger partial charge in [0.2, 0.25) is 0 Å². The number of rotatable bonds is 4. The summed E-state index contributed by atoms with van der Waals surface area (Å²) >= 11 is 0. The molecule has 0 bridgehead atoms. The summed E-state index contributed by atoms with van der Waals surface area (Å²) in [5, 5.41) is 0. The summed E-state index contributed by atoms with van der Waals surface area (Å²) < 4.78 is 9.77. The van der Waals surface area contributed by atoms with Crippen molar-refractivity contribution in [2.75, 3.05) is 13.1 Å². The molecule has 3 aliphatic rings. The predicted molar refractivity (Wildman–Crippen MR) is 117 cm³/mol. The highest BCUT2D eigenvalue weighted by Crippen LogP contribution is 2.34. The molecule has 2 saturated carbocycles. The molecule has 2 aromatic rings. The van der Waals surface area contributed by atoms with E-state index in [9.17, 15) is 9.59 Å². The van der Waals surface area contributed by atoms with Crippen LogP contribution < -0.4 is 5.69 Å². The molecule has 2 aliphatic carbocycles. The van der Waals surface area contributed by atoms with Gasteiger partial charge in [-0.1, -0.05) is 19.3 Å². The largest absolute Gasteiger partial charge is 0.372 e. The van der Waals surface area contributed by atoms with Crippen molar-refractivity contribution in [3.05, 3.63) is 34.2 Å². The molecule has 1 saturated heterocycles. The lowest BCUT2D eigenvalue weighted by molar-refractivity contribution is -0.0586. The molecule has 6 heteroatoms. The van der Waals surface area contributed by atoms with E-state index >= 15 is 0 Å².